The largest absolute Gasteiger partial charge is 0.354 e. The van der Waals surface area contributed by atoms with E-state index in [0.29, 0.717) is 0 Å². The van der Waals surface area contributed by atoms with Crippen molar-refractivity contribution < 1.29 is 0 Å². The number of nitrogens with zero attached hydrogens (tertiary/aromatic N) is 5. The summed E-state index contributed by atoms with van der Waals surface area (Å²) in [7, 11) is 1.93. The van der Waals surface area contributed by atoms with Crippen LogP contribution in [0, 0.1) is 6.92 Å². The van der Waals surface area contributed by atoms with Gasteiger partial charge in [-0.3, -0.25) is 4.68 Å². The fourth-order valence-electron chi connectivity index (χ4n) is 4.15. The molecule has 5 rings (SSSR count). The SMILES string of the molecule is C=C(Nc1cc2cc(-c3cnn(C)c3)ccc2c(C)n1)c1ccnc(N2CCNCC2)c1. The Morgan fingerprint density at radius 1 is 1.09 bits per heavy atom. The van der Waals surface area contributed by atoms with E-state index in [0.717, 1.165) is 76.7 Å². The van der Waals surface area contributed by atoms with Crippen molar-refractivity contribution in [2.75, 3.05) is 36.4 Å². The Labute approximate surface area is 187 Å². The molecule has 1 aliphatic rings. The predicted molar refractivity (Wildman–Crippen MR) is 131 cm³/mol. The zero-order valence-electron chi connectivity index (χ0n) is 18.5. The summed E-state index contributed by atoms with van der Waals surface area (Å²) in [5.41, 5.74) is 5.03. The number of aryl methyl sites for hydroxylation is 2. The minimum absolute atomic E-state index is 0.781. The molecule has 1 aliphatic heterocycles. The van der Waals surface area contributed by atoms with Crippen molar-refractivity contribution in [2.45, 2.75) is 6.92 Å². The Hall–Kier alpha value is -3.71. The summed E-state index contributed by atoms with van der Waals surface area (Å²) in [5, 5.41) is 13.3. The molecule has 4 aromatic rings. The Kier molecular flexibility index (Phi) is 5.33. The molecule has 162 valence electrons. The zero-order valence-corrected chi connectivity index (χ0v) is 18.5. The normalized spacial score (nSPS) is 14.0. The van der Waals surface area contributed by atoms with E-state index in [1.807, 2.05) is 43.3 Å². The fourth-order valence-corrected chi connectivity index (χ4v) is 4.15. The van der Waals surface area contributed by atoms with Crippen LogP contribution in [0.25, 0.3) is 27.6 Å². The molecule has 3 aromatic heterocycles. The van der Waals surface area contributed by atoms with Crippen LogP contribution in [-0.2, 0) is 7.05 Å². The molecule has 0 saturated carbocycles. The number of nitrogens with one attached hydrogen (secondary N) is 2. The molecule has 7 nitrogen and oxygen atoms in total. The molecule has 1 saturated heterocycles. The Bertz CT molecular complexity index is 1280. The van der Waals surface area contributed by atoms with Gasteiger partial charge >= 0.3 is 0 Å². The van der Waals surface area contributed by atoms with Gasteiger partial charge in [-0.2, -0.15) is 5.10 Å². The van der Waals surface area contributed by atoms with Crippen LogP contribution in [0.4, 0.5) is 11.6 Å². The van der Waals surface area contributed by atoms with E-state index in [1.54, 1.807) is 0 Å². The van der Waals surface area contributed by atoms with Gasteiger partial charge in [0.1, 0.15) is 11.6 Å². The summed E-state index contributed by atoms with van der Waals surface area (Å²) in [6, 6.07) is 12.6. The van der Waals surface area contributed by atoms with Crippen molar-refractivity contribution in [1.29, 1.82) is 0 Å². The van der Waals surface area contributed by atoms with Gasteiger partial charge in [0.15, 0.2) is 0 Å². The molecule has 0 aliphatic carbocycles. The number of hydrogen-bond donors (Lipinski definition) is 2. The number of aromatic nitrogens is 4. The van der Waals surface area contributed by atoms with Gasteiger partial charge in [-0.25, -0.2) is 9.97 Å². The van der Waals surface area contributed by atoms with Crippen molar-refractivity contribution in [1.82, 2.24) is 25.1 Å². The van der Waals surface area contributed by atoms with Gasteiger partial charge in [0.25, 0.3) is 0 Å². The molecule has 2 N–H and O–H groups in total. The van der Waals surface area contributed by atoms with Crippen LogP contribution in [0.15, 0.2) is 61.6 Å². The van der Waals surface area contributed by atoms with Gasteiger partial charge in [0.05, 0.1) is 6.20 Å². The topological polar surface area (TPSA) is 70.9 Å². The third-order valence-electron chi connectivity index (χ3n) is 5.87. The molecule has 0 spiro atoms. The smallest absolute Gasteiger partial charge is 0.131 e. The highest BCUT2D eigenvalue weighted by molar-refractivity contribution is 5.91. The highest BCUT2D eigenvalue weighted by Crippen LogP contribution is 2.28. The first kappa shape index (κ1) is 20.2. The second-order valence-corrected chi connectivity index (χ2v) is 8.17. The van der Waals surface area contributed by atoms with Crippen LogP contribution in [0.1, 0.15) is 11.3 Å². The maximum Gasteiger partial charge on any atom is 0.131 e. The molecular formula is C25H27N7. The van der Waals surface area contributed by atoms with Crippen molar-refractivity contribution in [3.63, 3.8) is 0 Å². The third kappa shape index (κ3) is 4.07. The Morgan fingerprint density at radius 2 is 1.94 bits per heavy atom. The van der Waals surface area contributed by atoms with E-state index < -0.39 is 0 Å². The molecule has 0 amide bonds. The lowest BCUT2D eigenvalue weighted by molar-refractivity contribution is 0.585. The van der Waals surface area contributed by atoms with E-state index in [9.17, 15) is 0 Å². The molecule has 32 heavy (non-hydrogen) atoms. The standard InChI is InChI=1S/C25H27N7/c1-17(19-6-7-27-25(14-19)32-10-8-26-9-11-32)29-24-13-21-12-20(22-15-28-31(3)16-22)4-5-23(21)18(2)30-24/h4-7,12-16,26H,1,8-11H2,2-3H3,(H,29,30). The zero-order chi connectivity index (χ0) is 22.1. The maximum absolute atomic E-state index is 4.76. The van der Waals surface area contributed by atoms with Crippen LogP contribution in [0.3, 0.4) is 0 Å². The van der Waals surface area contributed by atoms with E-state index in [4.69, 9.17) is 4.98 Å². The number of anilines is 2. The van der Waals surface area contributed by atoms with Gasteiger partial charge in [-0.1, -0.05) is 18.7 Å². The number of rotatable bonds is 5. The number of piperazine rings is 1. The van der Waals surface area contributed by atoms with E-state index >= 15 is 0 Å². The highest BCUT2D eigenvalue weighted by atomic mass is 15.2. The number of pyridine rings is 2. The molecular weight excluding hydrogens is 398 g/mol. The number of benzene rings is 1. The monoisotopic (exact) mass is 425 g/mol. The summed E-state index contributed by atoms with van der Waals surface area (Å²) in [6.45, 7) is 10.2. The minimum Gasteiger partial charge on any atom is -0.354 e. The van der Waals surface area contributed by atoms with Gasteiger partial charge in [0, 0.05) is 73.5 Å². The second-order valence-electron chi connectivity index (χ2n) is 8.17. The second kappa shape index (κ2) is 8.43. The van der Waals surface area contributed by atoms with E-state index in [1.165, 1.54) is 0 Å². The summed E-state index contributed by atoms with van der Waals surface area (Å²) in [6.07, 6.45) is 5.75. The lowest BCUT2D eigenvalue weighted by Crippen LogP contribution is -2.43. The van der Waals surface area contributed by atoms with Gasteiger partial charge in [0.2, 0.25) is 0 Å². The molecule has 0 unspecified atom stereocenters. The third-order valence-corrected chi connectivity index (χ3v) is 5.87. The molecule has 1 aromatic carbocycles. The van der Waals surface area contributed by atoms with Crippen molar-refractivity contribution in [3.8, 4) is 11.1 Å². The van der Waals surface area contributed by atoms with Crippen LogP contribution in [0.5, 0.6) is 0 Å². The van der Waals surface area contributed by atoms with Crippen molar-refractivity contribution in [3.05, 3.63) is 72.8 Å². The molecule has 4 heterocycles. The van der Waals surface area contributed by atoms with Crippen molar-refractivity contribution in [2.24, 2.45) is 7.05 Å². The first-order valence-corrected chi connectivity index (χ1v) is 10.9. The van der Waals surface area contributed by atoms with Crippen LogP contribution < -0.4 is 15.5 Å². The first-order valence-electron chi connectivity index (χ1n) is 10.9. The Balaban J connectivity index is 1.41. The molecule has 0 atom stereocenters. The lowest BCUT2D eigenvalue weighted by atomic mass is 10.0. The minimum atomic E-state index is 0.781. The molecule has 0 radical (unpaired) electrons. The summed E-state index contributed by atoms with van der Waals surface area (Å²) < 4.78 is 1.82. The Morgan fingerprint density at radius 3 is 2.72 bits per heavy atom. The maximum atomic E-state index is 4.76. The van der Waals surface area contributed by atoms with Crippen molar-refractivity contribution >= 4 is 28.1 Å². The number of hydrogen-bond acceptors (Lipinski definition) is 6. The van der Waals surface area contributed by atoms with E-state index in [2.05, 4.69) is 62.5 Å². The summed E-state index contributed by atoms with van der Waals surface area (Å²) >= 11 is 0. The fraction of sp³-hybridized carbons (Fsp3) is 0.240. The lowest BCUT2D eigenvalue weighted by Gasteiger charge is -2.28. The predicted octanol–water partition coefficient (Wildman–Crippen LogP) is 3.83. The molecule has 0 bridgehead atoms. The molecule has 1 fully saturated rings. The average molecular weight is 426 g/mol. The average Bonchev–Trinajstić information content (AvgIpc) is 3.26. The summed E-state index contributed by atoms with van der Waals surface area (Å²) in [5.74, 6) is 1.76. The van der Waals surface area contributed by atoms with E-state index in [-0.39, 0.29) is 0 Å². The first-order chi connectivity index (χ1) is 15.6. The van der Waals surface area contributed by atoms with Crippen LogP contribution in [0.2, 0.25) is 0 Å². The van der Waals surface area contributed by atoms with Crippen LogP contribution >= 0.6 is 0 Å². The quantitative estimate of drug-likeness (QED) is 0.506. The highest BCUT2D eigenvalue weighted by Gasteiger charge is 2.13. The van der Waals surface area contributed by atoms with Crippen LogP contribution in [-0.4, -0.2) is 45.9 Å². The summed E-state index contributed by atoms with van der Waals surface area (Å²) in [4.78, 5) is 11.6. The van der Waals surface area contributed by atoms with Gasteiger partial charge < -0.3 is 15.5 Å². The van der Waals surface area contributed by atoms with Gasteiger partial charge in [-0.15, -0.1) is 0 Å². The number of fused-ring (bicyclic) bond motifs is 1. The van der Waals surface area contributed by atoms with Gasteiger partial charge in [-0.05, 0) is 42.1 Å². The molecule has 7 heteroatoms.